The molecule has 0 unspecified atom stereocenters. The third-order valence-corrected chi connectivity index (χ3v) is 0.564. The summed E-state index contributed by atoms with van der Waals surface area (Å²) in [7, 11) is 0. The Morgan fingerprint density at radius 1 is 1.62 bits per heavy atom. The van der Waals surface area contributed by atoms with Crippen molar-refractivity contribution in [1.82, 2.24) is 5.32 Å². The van der Waals surface area contributed by atoms with E-state index in [9.17, 15) is 8.78 Å². The van der Waals surface area contributed by atoms with Gasteiger partial charge in [0, 0.05) is 17.3 Å². The van der Waals surface area contributed by atoms with Crippen LogP contribution in [0.25, 0.3) is 0 Å². The van der Waals surface area contributed by atoms with Crippen molar-refractivity contribution in [3.63, 3.8) is 0 Å². The Balaban J connectivity index is 3.43. The van der Waals surface area contributed by atoms with Gasteiger partial charge in [-0.05, 0) is 12.9 Å². The molecule has 1 rings (SSSR count). The minimum atomic E-state index is -4.70. The van der Waals surface area contributed by atoms with Gasteiger partial charge in [-0.25, -0.2) is 8.78 Å². The molecule has 48 valence electrons. The van der Waals surface area contributed by atoms with E-state index in [0.29, 0.717) is 0 Å². The molecule has 0 aromatic heterocycles. The van der Waals surface area contributed by atoms with E-state index in [2.05, 4.69) is 0 Å². The molecule has 1 N–H and O–H groups in total. The smallest absolute Gasteiger partial charge is 0.260 e. The fourth-order valence-corrected chi connectivity index (χ4v) is 0.282. The Labute approximate surface area is 58.3 Å². The number of alkyl halides is 2. The van der Waals surface area contributed by atoms with Gasteiger partial charge in [0.1, 0.15) is 0 Å². The van der Waals surface area contributed by atoms with Crippen LogP contribution in [0.4, 0.5) is 8.78 Å². The normalized spacial score (nSPS) is 67.8. The molecular weight excluding hydrogens is 112 g/mol. The SMILES string of the molecule is [2H]C1([2H])NC([2H])([2H])C(F)(F)C([2H])([2H])C1([2H])[2H]. The second-order valence-electron chi connectivity index (χ2n) is 1.20. The van der Waals surface area contributed by atoms with Gasteiger partial charge in [-0.3, -0.25) is 0 Å². The van der Waals surface area contributed by atoms with Crippen molar-refractivity contribution < 1.29 is 19.7 Å². The molecule has 0 atom stereocenters. The first-order chi connectivity index (χ1) is 6.71. The molecule has 0 saturated carbocycles. The minimum absolute atomic E-state index is 1.17. The molecule has 0 amide bonds. The molecule has 0 aromatic rings. The maximum atomic E-state index is 13.4. The average molecular weight is 129 g/mol. The number of piperidine rings is 1. The van der Waals surface area contributed by atoms with Gasteiger partial charge in [0.15, 0.2) is 0 Å². The van der Waals surface area contributed by atoms with Crippen LogP contribution < -0.4 is 5.32 Å². The Bertz CT molecular complexity index is 286. The van der Waals surface area contributed by atoms with Crippen molar-refractivity contribution in [1.29, 1.82) is 0 Å². The molecule has 8 heavy (non-hydrogen) atoms. The van der Waals surface area contributed by atoms with E-state index in [-0.39, 0.29) is 0 Å². The summed E-state index contributed by atoms with van der Waals surface area (Å²) in [6, 6.07) is 0. The summed E-state index contributed by atoms with van der Waals surface area (Å²) < 4.78 is 82.8. The average Bonchev–Trinajstić information content (AvgIpc) is 1.98. The molecule has 0 aromatic carbocycles. The zero-order valence-electron chi connectivity index (χ0n) is 11.8. The number of hydrogen-bond donors (Lipinski definition) is 1. The fraction of sp³-hybridized carbons (Fsp3) is 1.00. The van der Waals surface area contributed by atoms with E-state index >= 15 is 0 Å². The first kappa shape index (κ1) is 1.45. The van der Waals surface area contributed by atoms with Crippen LogP contribution in [-0.4, -0.2) is 18.9 Å². The topological polar surface area (TPSA) is 12.0 Å². The van der Waals surface area contributed by atoms with Crippen LogP contribution in [0.3, 0.4) is 0 Å². The van der Waals surface area contributed by atoms with Gasteiger partial charge < -0.3 is 5.32 Å². The van der Waals surface area contributed by atoms with E-state index in [1.165, 1.54) is 5.32 Å². The van der Waals surface area contributed by atoms with Gasteiger partial charge in [-0.1, -0.05) is 0 Å². The van der Waals surface area contributed by atoms with Crippen molar-refractivity contribution in [2.45, 2.75) is 18.7 Å². The largest absolute Gasteiger partial charge is 0.311 e. The summed E-state index contributed by atoms with van der Waals surface area (Å²) in [6.07, 6.45) is -7.55. The van der Waals surface area contributed by atoms with Gasteiger partial charge in [0.25, 0.3) is 5.92 Å². The molecule has 1 aliphatic rings. The number of halogens is 2. The second kappa shape index (κ2) is 1.97. The highest BCUT2D eigenvalue weighted by atomic mass is 19.3. The lowest BCUT2D eigenvalue weighted by molar-refractivity contribution is -0.0208. The van der Waals surface area contributed by atoms with Gasteiger partial charge in [-0.2, -0.15) is 0 Å². The Morgan fingerprint density at radius 3 is 3.12 bits per heavy atom. The maximum Gasteiger partial charge on any atom is 0.260 e. The van der Waals surface area contributed by atoms with E-state index in [1.54, 1.807) is 0 Å². The van der Waals surface area contributed by atoms with Crippen molar-refractivity contribution in [2.75, 3.05) is 13.0 Å². The summed E-state index contributed by atoms with van der Waals surface area (Å²) in [5, 5.41) is 1.17. The number of rotatable bonds is 0. The molecule has 3 heteroatoms. The molecule has 0 radical (unpaired) electrons. The highest BCUT2D eigenvalue weighted by Gasteiger charge is 2.30. The van der Waals surface area contributed by atoms with Crippen molar-refractivity contribution in [3.8, 4) is 0 Å². The van der Waals surface area contributed by atoms with Crippen LogP contribution in [0, 0.1) is 0 Å². The molecule has 1 nitrogen and oxygen atoms in total. The summed E-state index contributed by atoms with van der Waals surface area (Å²) in [4.78, 5) is 0. The lowest BCUT2D eigenvalue weighted by Crippen LogP contribution is -2.38. The predicted octanol–water partition coefficient (Wildman–Crippen LogP) is 1.01. The summed E-state index contributed by atoms with van der Waals surface area (Å²) in [5.41, 5.74) is 0. The molecule has 0 aliphatic carbocycles. The third-order valence-electron chi connectivity index (χ3n) is 0.564. The molecular formula is C5H9F2N. The van der Waals surface area contributed by atoms with Gasteiger partial charge in [-0.15, -0.1) is 0 Å². The summed E-state index contributed by atoms with van der Waals surface area (Å²) in [5.74, 6) is -4.70. The summed E-state index contributed by atoms with van der Waals surface area (Å²) in [6.45, 7) is -6.92. The van der Waals surface area contributed by atoms with E-state index in [1.807, 2.05) is 0 Å². The van der Waals surface area contributed by atoms with Crippen LogP contribution in [0.5, 0.6) is 0 Å². The van der Waals surface area contributed by atoms with Gasteiger partial charge >= 0.3 is 0 Å². The highest BCUT2D eigenvalue weighted by molar-refractivity contribution is 4.74. The second-order valence-corrected chi connectivity index (χ2v) is 1.20. The van der Waals surface area contributed by atoms with Gasteiger partial charge in [0.2, 0.25) is 0 Å². The quantitative estimate of drug-likeness (QED) is 0.514. The Kier molecular flexibility index (Phi) is 0.358. The monoisotopic (exact) mass is 129 g/mol. The van der Waals surface area contributed by atoms with E-state index in [4.69, 9.17) is 11.0 Å². The third kappa shape index (κ3) is 1.40. The zero-order valence-corrected chi connectivity index (χ0v) is 3.76. The van der Waals surface area contributed by atoms with E-state index in [0.717, 1.165) is 0 Å². The van der Waals surface area contributed by atoms with Crippen LogP contribution in [-0.2, 0) is 0 Å². The summed E-state index contributed by atoms with van der Waals surface area (Å²) >= 11 is 0. The van der Waals surface area contributed by atoms with Crippen LogP contribution in [0.1, 0.15) is 23.7 Å². The Morgan fingerprint density at radius 2 is 2.38 bits per heavy atom. The predicted molar refractivity (Wildman–Crippen MR) is 27.1 cm³/mol. The first-order valence-corrected chi connectivity index (χ1v) is 1.88. The van der Waals surface area contributed by atoms with Crippen LogP contribution >= 0.6 is 0 Å². The van der Waals surface area contributed by atoms with Gasteiger partial charge in [0.05, 0.1) is 6.50 Å². The Hall–Kier alpha value is -0.180. The fourth-order valence-electron chi connectivity index (χ4n) is 0.282. The molecule has 0 spiro atoms. The lowest BCUT2D eigenvalue weighted by Gasteiger charge is -2.21. The van der Waals surface area contributed by atoms with Crippen molar-refractivity contribution >= 4 is 0 Å². The van der Waals surface area contributed by atoms with Crippen molar-refractivity contribution in [3.05, 3.63) is 0 Å². The molecule has 0 bridgehead atoms. The molecule has 1 saturated heterocycles. The standard InChI is InChI=1S/C5H9F2N/c6-5(7)2-1-3-8-4-5/h8H,1-4H2/i1D2,2D2,3D2,4D2. The molecule has 1 heterocycles. The zero-order chi connectivity index (χ0) is 13.2. The lowest BCUT2D eigenvalue weighted by atomic mass is 10.1. The van der Waals surface area contributed by atoms with Crippen LogP contribution in [0.15, 0.2) is 0 Å². The highest BCUT2D eigenvalue weighted by Crippen LogP contribution is 2.21. The van der Waals surface area contributed by atoms with E-state index < -0.39 is 31.7 Å². The number of nitrogens with one attached hydrogen (secondary N) is 1. The first-order valence-electron chi connectivity index (χ1n) is 5.88. The molecule has 1 aliphatic heterocycles. The van der Waals surface area contributed by atoms with Crippen molar-refractivity contribution in [2.24, 2.45) is 0 Å². The van der Waals surface area contributed by atoms with Crippen LogP contribution in [0.2, 0.25) is 0 Å². The minimum Gasteiger partial charge on any atom is -0.311 e. The number of hydrogen-bond acceptors (Lipinski definition) is 1. The maximum absolute atomic E-state index is 13.4. The molecule has 1 fully saturated rings.